The third-order valence-corrected chi connectivity index (χ3v) is 3.03. The molecule has 1 aromatic carbocycles. The van der Waals surface area contributed by atoms with Crippen molar-refractivity contribution >= 4 is 0 Å². The second kappa shape index (κ2) is 6.27. The van der Waals surface area contributed by atoms with E-state index in [0.717, 1.165) is 30.0 Å². The molecule has 92 valence electrons. The molecule has 0 saturated carbocycles. The molecule has 0 aliphatic heterocycles. The molecule has 0 aliphatic carbocycles. The Morgan fingerprint density at radius 1 is 1.35 bits per heavy atom. The first kappa shape index (κ1) is 13.5. The highest BCUT2D eigenvalue weighted by Crippen LogP contribution is 2.25. The molecule has 0 radical (unpaired) electrons. The normalized spacial score (nSPS) is 12.2. The first-order valence-electron chi connectivity index (χ1n) is 5.96. The summed E-state index contributed by atoms with van der Waals surface area (Å²) >= 11 is 0. The van der Waals surface area contributed by atoms with Crippen LogP contribution in [0.15, 0.2) is 18.2 Å². The zero-order chi connectivity index (χ0) is 12.8. The van der Waals surface area contributed by atoms with E-state index in [-0.39, 0.29) is 6.04 Å². The van der Waals surface area contributed by atoms with Gasteiger partial charge in [-0.25, -0.2) is 0 Å². The van der Waals surface area contributed by atoms with Crippen LogP contribution in [0.1, 0.15) is 31.0 Å². The van der Waals surface area contributed by atoms with Crippen LogP contribution in [0.2, 0.25) is 0 Å². The molecular formula is C14H20N2O. The quantitative estimate of drug-likeness (QED) is 0.783. The molecule has 3 heteroatoms. The van der Waals surface area contributed by atoms with Crippen molar-refractivity contribution in [2.24, 2.45) is 0 Å². The SMILES string of the molecule is CCN(CC)C(C#N)c1ccc(OC)c(C)c1. The molecule has 1 aromatic rings. The van der Waals surface area contributed by atoms with Gasteiger partial charge in [-0.1, -0.05) is 19.9 Å². The van der Waals surface area contributed by atoms with E-state index < -0.39 is 0 Å². The molecule has 1 unspecified atom stereocenters. The molecule has 0 N–H and O–H groups in total. The van der Waals surface area contributed by atoms with Crippen LogP contribution in [-0.4, -0.2) is 25.1 Å². The fourth-order valence-electron chi connectivity index (χ4n) is 2.03. The standard InChI is InChI=1S/C14H20N2O/c1-5-16(6-2)13(10-15)12-7-8-14(17-4)11(3)9-12/h7-9,13H,5-6H2,1-4H3. The van der Waals surface area contributed by atoms with Crippen molar-refractivity contribution in [1.29, 1.82) is 5.26 Å². The Hall–Kier alpha value is -1.53. The maximum atomic E-state index is 9.31. The van der Waals surface area contributed by atoms with Crippen molar-refractivity contribution < 1.29 is 4.74 Å². The van der Waals surface area contributed by atoms with Gasteiger partial charge in [0.1, 0.15) is 11.8 Å². The molecular weight excluding hydrogens is 212 g/mol. The fourth-order valence-corrected chi connectivity index (χ4v) is 2.03. The number of benzene rings is 1. The summed E-state index contributed by atoms with van der Waals surface area (Å²) in [6.45, 7) is 7.90. The Kier molecular flexibility index (Phi) is 4.99. The maximum absolute atomic E-state index is 9.31. The highest BCUT2D eigenvalue weighted by atomic mass is 16.5. The van der Waals surface area contributed by atoms with E-state index >= 15 is 0 Å². The number of hydrogen-bond donors (Lipinski definition) is 0. The summed E-state index contributed by atoms with van der Waals surface area (Å²) in [7, 11) is 1.66. The van der Waals surface area contributed by atoms with Gasteiger partial charge in [-0.15, -0.1) is 0 Å². The van der Waals surface area contributed by atoms with Crippen LogP contribution in [0, 0.1) is 18.3 Å². The molecule has 0 spiro atoms. The van der Waals surface area contributed by atoms with E-state index in [1.807, 2.05) is 25.1 Å². The van der Waals surface area contributed by atoms with Crippen molar-refractivity contribution in [2.75, 3.05) is 20.2 Å². The number of aryl methyl sites for hydroxylation is 1. The number of nitrogens with zero attached hydrogens (tertiary/aromatic N) is 2. The Morgan fingerprint density at radius 3 is 2.41 bits per heavy atom. The predicted octanol–water partition coefficient (Wildman–Crippen LogP) is 2.91. The molecule has 1 rings (SSSR count). The molecule has 0 saturated heterocycles. The van der Waals surface area contributed by atoms with Crippen molar-refractivity contribution in [1.82, 2.24) is 4.90 Å². The van der Waals surface area contributed by atoms with E-state index in [4.69, 9.17) is 4.74 Å². The van der Waals surface area contributed by atoms with E-state index in [1.54, 1.807) is 7.11 Å². The fraction of sp³-hybridized carbons (Fsp3) is 0.500. The minimum absolute atomic E-state index is 0.172. The summed E-state index contributed by atoms with van der Waals surface area (Å²) in [5.41, 5.74) is 2.10. The lowest BCUT2D eigenvalue weighted by atomic mass is 10.0. The molecule has 0 fully saturated rings. The minimum atomic E-state index is -0.172. The zero-order valence-corrected chi connectivity index (χ0v) is 11.0. The van der Waals surface area contributed by atoms with Gasteiger partial charge in [0.2, 0.25) is 0 Å². The summed E-state index contributed by atoms with van der Waals surface area (Å²) in [4.78, 5) is 2.14. The van der Waals surface area contributed by atoms with Gasteiger partial charge in [-0.2, -0.15) is 5.26 Å². The number of ether oxygens (including phenoxy) is 1. The lowest BCUT2D eigenvalue weighted by Crippen LogP contribution is -2.27. The number of hydrogen-bond acceptors (Lipinski definition) is 3. The summed E-state index contributed by atoms with van der Waals surface area (Å²) in [5, 5.41) is 9.31. The molecule has 0 bridgehead atoms. The van der Waals surface area contributed by atoms with Gasteiger partial charge in [-0.05, 0) is 43.3 Å². The van der Waals surface area contributed by atoms with Crippen molar-refractivity contribution in [2.45, 2.75) is 26.8 Å². The molecule has 0 amide bonds. The molecule has 0 aliphatic rings. The smallest absolute Gasteiger partial charge is 0.123 e. The van der Waals surface area contributed by atoms with Crippen molar-refractivity contribution in [3.8, 4) is 11.8 Å². The topological polar surface area (TPSA) is 36.3 Å². The first-order valence-corrected chi connectivity index (χ1v) is 5.96. The first-order chi connectivity index (χ1) is 8.17. The van der Waals surface area contributed by atoms with E-state index in [0.29, 0.717) is 0 Å². The van der Waals surface area contributed by atoms with Gasteiger partial charge >= 0.3 is 0 Å². The average molecular weight is 232 g/mol. The Labute approximate surface area is 104 Å². The number of nitriles is 1. The van der Waals surface area contributed by atoms with Crippen LogP contribution in [0.4, 0.5) is 0 Å². The second-order valence-corrected chi connectivity index (χ2v) is 3.98. The molecule has 17 heavy (non-hydrogen) atoms. The zero-order valence-electron chi connectivity index (χ0n) is 11.0. The van der Waals surface area contributed by atoms with Gasteiger partial charge in [0, 0.05) is 0 Å². The maximum Gasteiger partial charge on any atom is 0.123 e. The predicted molar refractivity (Wildman–Crippen MR) is 69.0 cm³/mol. The van der Waals surface area contributed by atoms with Gasteiger partial charge in [0.25, 0.3) is 0 Å². The van der Waals surface area contributed by atoms with Gasteiger partial charge in [0.15, 0.2) is 0 Å². The third kappa shape index (κ3) is 2.98. The lowest BCUT2D eigenvalue weighted by Gasteiger charge is -2.24. The van der Waals surface area contributed by atoms with E-state index in [9.17, 15) is 5.26 Å². The monoisotopic (exact) mass is 232 g/mol. The average Bonchev–Trinajstić information content (AvgIpc) is 2.35. The van der Waals surface area contributed by atoms with Crippen LogP contribution < -0.4 is 4.74 Å². The van der Waals surface area contributed by atoms with Crippen molar-refractivity contribution in [3.63, 3.8) is 0 Å². The summed E-state index contributed by atoms with van der Waals surface area (Å²) in [6, 6.07) is 8.13. The second-order valence-electron chi connectivity index (χ2n) is 3.98. The number of methoxy groups -OCH3 is 1. The van der Waals surface area contributed by atoms with Gasteiger partial charge in [0.05, 0.1) is 13.2 Å². The Morgan fingerprint density at radius 2 is 2.00 bits per heavy atom. The van der Waals surface area contributed by atoms with Crippen LogP contribution in [0.3, 0.4) is 0 Å². The number of rotatable bonds is 5. The lowest BCUT2D eigenvalue weighted by molar-refractivity contribution is 0.262. The molecule has 0 aromatic heterocycles. The van der Waals surface area contributed by atoms with Crippen LogP contribution in [-0.2, 0) is 0 Å². The minimum Gasteiger partial charge on any atom is -0.496 e. The third-order valence-electron chi connectivity index (χ3n) is 3.03. The summed E-state index contributed by atoms with van der Waals surface area (Å²) in [6.07, 6.45) is 0. The van der Waals surface area contributed by atoms with Gasteiger partial charge < -0.3 is 4.74 Å². The molecule has 1 atom stereocenters. The summed E-state index contributed by atoms with van der Waals surface area (Å²) < 4.78 is 5.23. The Bertz CT molecular complexity index is 405. The van der Waals surface area contributed by atoms with Crippen LogP contribution in [0.25, 0.3) is 0 Å². The van der Waals surface area contributed by atoms with E-state index in [2.05, 4.69) is 24.8 Å². The van der Waals surface area contributed by atoms with Crippen molar-refractivity contribution in [3.05, 3.63) is 29.3 Å². The highest BCUT2D eigenvalue weighted by Gasteiger charge is 2.17. The Balaban J connectivity index is 3.05. The van der Waals surface area contributed by atoms with E-state index in [1.165, 1.54) is 0 Å². The molecule has 3 nitrogen and oxygen atoms in total. The van der Waals surface area contributed by atoms with Gasteiger partial charge in [-0.3, -0.25) is 4.90 Å². The highest BCUT2D eigenvalue weighted by molar-refractivity contribution is 5.38. The molecule has 0 heterocycles. The summed E-state index contributed by atoms with van der Waals surface area (Å²) in [5.74, 6) is 0.866. The van der Waals surface area contributed by atoms with Crippen LogP contribution in [0.5, 0.6) is 5.75 Å². The largest absolute Gasteiger partial charge is 0.496 e. The van der Waals surface area contributed by atoms with Crippen LogP contribution >= 0.6 is 0 Å².